The molecular weight excluding hydrogens is 302 g/mol. The largest absolute Gasteiger partial charge is 0.280 e. The van der Waals surface area contributed by atoms with E-state index < -0.39 is 0 Å². The lowest BCUT2D eigenvalue weighted by Gasteiger charge is -2.21. The summed E-state index contributed by atoms with van der Waals surface area (Å²) < 4.78 is 1.35. The Morgan fingerprint density at radius 1 is 1.29 bits per heavy atom. The molecule has 2 aromatic rings. The van der Waals surface area contributed by atoms with Gasteiger partial charge in [0.05, 0.1) is 10.9 Å². The van der Waals surface area contributed by atoms with E-state index in [2.05, 4.69) is 10.4 Å². The molecule has 1 aromatic heterocycles. The maximum atomic E-state index is 12.7. The molecule has 4 rings (SSSR count). The van der Waals surface area contributed by atoms with Gasteiger partial charge in [-0.2, -0.15) is 0 Å². The van der Waals surface area contributed by atoms with Crippen LogP contribution >= 0.6 is 0 Å². The quantitative estimate of drug-likeness (QED) is 0.940. The first-order valence-electron chi connectivity index (χ1n) is 8.96. The number of hydrogen-bond donors (Lipinski definition) is 1. The van der Waals surface area contributed by atoms with E-state index >= 15 is 0 Å². The summed E-state index contributed by atoms with van der Waals surface area (Å²) in [5, 5.41) is 0.537. The van der Waals surface area contributed by atoms with Crippen LogP contribution in [-0.2, 0) is 11.2 Å². The lowest BCUT2D eigenvalue weighted by Crippen LogP contribution is -2.37. The van der Waals surface area contributed by atoms with Crippen molar-refractivity contribution in [3.8, 4) is 0 Å². The predicted molar refractivity (Wildman–Crippen MR) is 93.3 cm³/mol. The van der Waals surface area contributed by atoms with Crippen molar-refractivity contribution in [3.05, 3.63) is 40.4 Å². The fourth-order valence-electron chi connectivity index (χ4n) is 4.57. The second kappa shape index (κ2) is 6.04. The zero-order chi connectivity index (χ0) is 16.7. The average molecular weight is 325 g/mol. The molecule has 2 aliphatic carbocycles. The number of carbonyl (C=O) groups is 1. The van der Waals surface area contributed by atoms with Gasteiger partial charge in [-0.25, -0.2) is 9.66 Å². The minimum Gasteiger partial charge on any atom is -0.273 e. The van der Waals surface area contributed by atoms with Gasteiger partial charge in [-0.15, -0.1) is 0 Å². The van der Waals surface area contributed by atoms with Gasteiger partial charge in [0, 0.05) is 12.8 Å². The first kappa shape index (κ1) is 15.4. The van der Waals surface area contributed by atoms with Crippen molar-refractivity contribution in [1.29, 1.82) is 0 Å². The first-order chi connectivity index (χ1) is 11.7. The van der Waals surface area contributed by atoms with Gasteiger partial charge in [-0.1, -0.05) is 25.5 Å². The molecule has 2 saturated carbocycles. The number of rotatable bonds is 4. The molecule has 5 heteroatoms. The van der Waals surface area contributed by atoms with Gasteiger partial charge in [-0.3, -0.25) is 15.0 Å². The van der Waals surface area contributed by atoms with E-state index in [4.69, 9.17) is 0 Å². The van der Waals surface area contributed by atoms with Gasteiger partial charge < -0.3 is 0 Å². The van der Waals surface area contributed by atoms with Crippen LogP contribution in [0.2, 0.25) is 0 Å². The van der Waals surface area contributed by atoms with Crippen molar-refractivity contribution < 1.29 is 4.79 Å². The Labute approximate surface area is 141 Å². The third-order valence-electron chi connectivity index (χ3n) is 5.73. The molecule has 3 atom stereocenters. The summed E-state index contributed by atoms with van der Waals surface area (Å²) >= 11 is 0. The maximum absolute atomic E-state index is 12.7. The molecule has 3 unspecified atom stereocenters. The Balaban J connectivity index is 1.58. The average Bonchev–Trinajstić information content (AvgIpc) is 3.20. The Morgan fingerprint density at radius 3 is 2.83 bits per heavy atom. The van der Waals surface area contributed by atoms with E-state index in [1.807, 2.05) is 25.1 Å². The third kappa shape index (κ3) is 2.62. The summed E-state index contributed by atoms with van der Waals surface area (Å²) in [6.07, 6.45) is 6.16. The number of aromatic nitrogens is 2. The van der Waals surface area contributed by atoms with Gasteiger partial charge in [0.25, 0.3) is 5.56 Å². The molecule has 2 aliphatic rings. The van der Waals surface area contributed by atoms with Crippen LogP contribution in [0.3, 0.4) is 0 Å². The zero-order valence-electron chi connectivity index (χ0n) is 14.0. The zero-order valence-corrected chi connectivity index (χ0v) is 14.0. The van der Waals surface area contributed by atoms with E-state index in [0.717, 1.165) is 5.92 Å². The molecule has 0 aliphatic heterocycles. The topological polar surface area (TPSA) is 64.0 Å². The summed E-state index contributed by atoms with van der Waals surface area (Å²) in [7, 11) is 0. The number of nitrogens with zero attached hydrogens (tertiary/aromatic N) is 2. The van der Waals surface area contributed by atoms with Crippen molar-refractivity contribution in [2.24, 2.45) is 17.8 Å². The van der Waals surface area contributed by atoms with Crippen LogP contribution in [0, 0.1) is 17.8 Å². The monoisotopic (exact) mass is 325 g/mol. The highest BCUT2D eigenvalue weighted by Gasteiger charge is 2.40. The number of benzene rings is 1. The number of hydrogen-bond acceptors (Lipinski definition) is 3. The van der Waals surface area contributed by atoms with Crippen molar-refractivity contribution in [2.45, 2.75) is 45.4 Å². The lowest BCUT2D eigenvalue weighted by molar-refractivity contribution is -0.118. The van der Waals surface area contributed by atoms with Crippen LogP contribution in [0.1, 0.15) is 44.9 Å². The molecule has 24 heavy (non-hydrogen) atoms. The summed E-state index contributed by atoms with van der Waals surface area (Å²) in [5.41, 5.74) is 3.29. The molecule has 0 saturated heterocycles. The van der Waals surface area contributed by atoms with E-state index in [-0.39, 0.29) is 11.5 Å². The number of fused-ring (bicyclic) bond motifs is 3. The van der Waals surface area contributed by atoms with Crippen molar-refractivity contribution in [2.75, 3.05) is 5.43 Å². The van der Waals surface area contributed by atoms with Crippen LogP contribution < -0.4 is 11.0 Å². The van der Waals surface area contributed by atoms with Gasteiger partial charge in [0.1, 0.15) is 5.82 Å². The maximum Gasteiger partial charge on any atom is 0.280 e. The van der Waals surface area contributed by atoms with Crippen LogP contribution in [0.25, 0.3) is 10.9 Å². The number of para-hydroxylation sites is 1. The fraction of sp³-hybridized carbons (Fsp3) is 0.526. The van der Waals surface area contributed by atoms with Gasteiger partial charge in [0.15, 0.2) is 0 Å². The van der Waals surface area contributed by atoms with E-state index in [1.165, 1.54) is 30.4 Å². The molecule has 2 fully saturated rings. The Kier molecular flexibility index (Phi) is 3.87. The molecule has 1 aromatic carbocycles. The standard InChI is InChI=1S/C19H23N3O2/c1-2-17-20-16-6-4-3-5-15(16)19(24)22(17)21-18(23)11-14-10-12-7-8-13(14)9-12/h3-6,12-14H,2,7-11H2,1H3,(H,21,23). The van der Waals surface area contributed by atoms with E-state index in [0.29, 0.717) is 41.4 Å². The molecule has 1 heterocycles. The van der Waals surface area contributed by atoms with Crippen LogP contribution in [0.4, 0.5) is 0 Å². The number of amides is 1. The summed E-state index contributed by atoms with van der Waals surface area (Å²) in [5.74, 6) is 2.54. The smallest absolute Gasteiger partial charge is 0.273 e. The number of aryl methyl sites for hydroxylation is 1. The second-order valence-electron chi connectivity index (χ2n) is 7.21. The van der Waals surface area contributed by atoms with E-state index in [9.17, 15) is 9.59 Å². The minimum atomic E-state index is -0.196. The van der Waals surface area contributed by atoms with Crippen LogP contribution in [-0.4, -0.2) is 15.6 Å². The summed E-state index contributed by atoms with van der Waals surface area (Å²) in [6.45, 7) is 1.94. The molecule has 2 bridgehead atoms. The molecule has 1 N–H and O–H groups in total. The SMILES string of the molecule is CCc1nc2ccccc2c(=O)n1NC(=O)CC1CC2CCC1C2. The Bertz CT molecular complexity index is 842. The summed E-state index contributed by atoms with van der Waals surface area (Å²) in [6, 6.07) is 7.27. The number of carbonyl (C=O) groups excluding carboxylic acids is 1. The van der Waals surface area contributed by atoms with Crippen LogP contribution in [0.5, 0.6) is 0 Å². The first-order valence-corrected chi connectivity index (χ1v) is 8.96. The van der Waals surface area contributed by atoms with E-state index in [1.54, 1.807) is 6.07 Å². The highest BCUT2D eigenvalue weighted by Crippen LogP contribution is 2.49. The normalized spacial score (nSPS) is 25.3. The van der Waals surface area contributed by atoms with Gasteiger partial charge >= 0.3 is 0 Å². The third-order valence-corrected chi connectivity index (χ3v) is 5.73. The predicted octanol–water partition coefficient (Wildman–Crippen LogP) is 2.86. The molecule has 126 valence electrons. The van der Waals surface area contributed by atoms with Gasteiger partial charge in [0.2, 0.25) is 5.91 Å². The highest BCUT2D eigenvalue weighted by atomic mass is 16.2. The molecule has 0 radical (unpaired) electrons. The molecule has 1 amide bonds. The Morgan fingerprint density at radius 2 is 2.12 bits per heavy atom. The second-order valence-corrected chi connectivity index (χ2v) is 7.21. The minimum absolute atomic E-state index is 0.0681. The highest BCUT2D eigenvalue weighted by molar-refractivity contribution is 5.85. The summed E-state index contributed by atoms with van der Waals surface area (Å²) in [4.78, 5) is 29.7. The van der Waals surface area contributed by atoms with Crippen molar-refractivity contribution in [1.82, 2.24) is 9.66 Å². The number of nitrogens with one attached hydrogen (secondary N) is 1. The fourth-order valence-corrected chi connectivity index (χ4v) is 4.57. The molecule has 5 nitrogen and oxygen atoms in total. The van der Waals surface area contributed by atoms with Crippen molar-refractivity contribution >= 4 is 16.8 Å². The van der Waals surface area contributed by atoms with Gasteiger partial charge in [-0.05, 0) is 49.1 Å². The molecule has 0 spiro atoms. The lowest BCUT2D eigenvalue weighted by atomic mass is 9.86. The Hall–Kier alpha value is -2.17. The van der Waals surface area contributed by atoms with Crippen molar-refractivity contribution in [3.63, 3.8) is 0 Å². The van der Waals surface area contributed by atoms with Crippen LogP contribution in [0.15, 0.2) is 29.1 Å². The molecular formula is C19H23N3O2.